The average Bonchev–Trinajstić information content (AvgIpc) is 2.59. The molecule has 2 N–H and O–H groups in total. The molecule has 0 saturated heterocycles. The van der Waals surface area contributed by atoms with E-state index in [0.717, 1.165) is 22.6 Å². The van der Waals surface area contributed by atoms with Crippen molar-refractivity contribution in [2.24, 2.45) is 0 Å². The van der Waals surface area contributed by atoms with Crippen molar-refractivity contribution in [2.75, 3.05) is 20.3 Å². The Bertz CT molecular complexity index is 672. The zero-order chi connectivity index (χ0) is 17.4. The lowest BCUT2D eigenvalue weighted by Crippen LogP contribution is -2.37. The number of thiocarbonyl (C=S) groups is 1. The summed E-state index contributed by atoms with van der Waals surface area (Å²) >= 11 is 5.27. The molecule has 0 saturated carbocycles. The Morgan fingerprint density at radius 3 is 2.46 bits per heavy atom. The Hall–Kier alpha value is -2.27. The Labute approximate surface area is 149 Å². The van der Waals surface area contributed by atoms with Gasteiger partial charge in [0.2, 0.25) is 0 Å². The first kappa shape index (κ1) is 18.1. The van der Waals surface area contributed by atoms with Crippen molar-refractivity contribution in [1.29, 1.82) is 0 Å². The molecule has 0 aliphatic rings. The van der Waals surface area contributed by atoms with E-state index in [-0.39, 0.29) is 0 Å². The molecule has 4 nitrogen and oxygen atoms in total. The molecule has 0 aliphatic carbocycles. The third kappa shape index (κ3) is 5.74. The number of benzene rings is 2. The third-order valence-electron chi connectivity index (χ3n) is 3.59. The molecule has 2 aromatic carbocycles. The normalized spacial score (nSPS) is 10.1. The topological polar surface area (TPSA) is 42.5 Å². The van der Waals surface area contributed by atoms with Gasteiger partial charge in [-0.2, -0.15) is 0 Å². The van der Waals surface area contributed by atoms with E-state index < -0.39 is 0 Å². The summed E-state index contributed by atoms with van der Waals surface area (Å²) in [6.45, 7) is 6.02. The molecule has 0 atom stereocenters. The molecule has 2 rings (SSSR count). The van der Waals surface area contributed by atoms with Gasteiger partial charge in [-0.3, -0.25) is 0 Å². The van der Waals surface area contributed by atoms with Crippen LogP contribution in [0.3, 0.4) is 0 Å². The van der Waals surface area contributed by atoms with Crippen LogP contribution in [0.2, 0.25) is 0 Å². The molecular weight excluding hydrogens is 320 g/mol. The highest BCUT2D eigenvalue weighted by molar-refractivity contribution is 7.80. The number of aryl methyl sites for hydroxylation is 2. The maximum atomic E-state index is 5.77. The second-order valence-corrected chi connectivity index (χ2v) is 5.98. The van der Waals surface area contributed by atoms with Crippen LogP contribution < -0.4 is 20.1 Å². The van der Waals surface area contributed by atoms with Gasteiger partial charge < -0.3 is 20.1 Å². The zero-order valence-electron chi connectivity index (χ0n) is 14.4. The first-order valence-electron chi connectivity index (χ1n) is 7.93. The van der Waals surface area contributed by atoms with Crippen LogP contribution in [0.1, 0.15) is 16.7 Å². The van der Waals surface area contributed by atoms with Gasteiger partial charge in [-0.15, -0.1) is 0 Å². The maximum Gasteiger partial charge on any atom is 0.166 e. The summed E-state index contributed by atoms with van der Waals surface area (Å²) < 4.78 is 10.9. The number of ether oxygens (including phenoxy) is 2. The summed E-state index contributed by atoms with van der Waals surface area (Å²) in [6, 6.07) is 14.1. The molecule has 0 spiro atoms. The van der Waals surface area contributed by atoms with Crippen LogP contribution in [0.15, 0.2) is 42.5 Å². The second-order valence-electron chi connectivity index (χ2n) is 5.57. The van der Waals surface area contributed by atoms with Crippen LogP contribution in [0.4, 0.5) is 0 Å². The van der Waals surface area contributed by atoms with Gasteiger partial charge in [0.05, 0.1) is 13.7 Å². The van der Waals surface area contributed by atoms with Gasteiger partial charge in [-0.05, 0) is 55.4 Å². The largest absolute Gasteiger partial charge is 0.497 e. The lowest BCUT2D eigenvalue weighted by atomic mass is 10.1. The Balaban J connectivity index is 1.65. The van der Waals surface area contributed by atoms with Crippen LogP contribution >= 0.6 is 12.2 Å². The van der Waals surface area contributed by atoms with Crippen LogP contribution in [0, 0.1) is 13.8 Å². The molecule has 0 unspecified atom stereocenters. The van der Waals surface area contributed by atoms with Crippen molar-refractivity contribution in [3.8, 4) is 11.5 Å². The standard InChI is InChI=1S/C19H24N2O2S/c1-14-4-9-18(15(2)12-14)23-11-10-20-19(24)21-13-16-5-7-17(22-3)8-6-16/h4-9,12H,10-11,13H2,1-3H3,(H2,20,21,24). The average molecular weight is 344 g/mol. The first-order valence-corrected chi connectivity index (χ1v) is 8.34. The molecule has 0 fully saturated rings. The summed E-state index contributed by atoms with van der Waals surface area (Å²) in [5.74, 6) is 1.77. The zero-order valence-corrected chi connectivity index (χ0v) is 15.2. The van der Waals surface area contributed by atoms with E-state index in [1.807, 2.05) is 30.3 Å². The Morgan fingerprint density at radius 1 is 1.04 bits per heavy atom. The van der Waals surface area contributed by atoms with Crippen molar-refractivity contribution in [1.82, 2.24) is 10.6 Å². The van der Waals surface area contributed by atoms with Crippen LogP contribution in [0.5, 0.6) is 11.5 Å². The van der Waals surface area contributed by atoms with Gasteiger partial charge in [-0.1, -0.05) is 29.8 Å². The molecule has 128 valence electrons. The van der Waals surface area contributed by atoms with Gasteiger partial charge in [0.15, 0.2) is 5.11 Å². The Kier molecular flexibility index (Phi) is 6.88. The summed E-state index contributed by atoms with van der Waals surface area (Å²) in [5, 5.41) is 6.95. The van der Waals surface area contributed by atoms with Gasteiger partial charge in [0.25, 0.3) is 0 Å². The molecular formula is C19H24N2O2S. The molecule has 0 amide bonds. The minimum atomic E-state index is 0.564. The molecule has 2 aromatic rings. The lowest BCUT2D eigenvalue weighted by Gasteiger charge is -2.13. The van der Waals surface area contributed by atoms with Gasteiger partial charge in [-0.25, -0.2) is 0 Å². The molecule has 0 radical (unpaired) electrons. The lowest BCUT2D eigenvalue weighted by molar-refractivity contribution is 0.320. The third-order valence-corrected chi connectivity index (χ3v) is 3.88. The summed E-state index contributed by atoms with van der Waals surface area (Å²) in [7, 11) is 1.66. The quantitative estimate of drug-likeness (QED) is 0.596. The number of rotatable bonds is 7. The number of methoxy groups -OCH3 is 1. The van der Waals surface area contributed by atoms with Gasteiger partial charge in [0, 0.05) is 6.54 Å². The maximum absolute atomic E-state index is 5.77. The minimum Gasteiger partial charge on any atom is -0.497 e. The fourth-order valence-electron chi connectivity index (χ4n) is 2.28. The van der Waals surface area contributed by atoms with Crippen LogP contribution in [-0.4, -0.2) is 25.4 Å². The predicted octanol–water partition coefficient (Wildman–Crippen LogP) is 3.36. The minimum absolute atomic E-state index is 0.564. The summed E-state index contributed by atoms with van der Waals surface area (Å²) in [5.41, 5.74) is 3.53. The van der Waals surface area contributed by atoms with Crippen molar-refractivity contribution in [2.45, 2.75) is 20.4 Å². The summed E-state index contributed by atoms with van der Waals surface area (Å²) in [4.78, 5) is 0. The smallest absolute Gasteiger partial charge is 0.166 e. The van der Waals surface area contributed by atoms with E-state index >= 15 is 0 Å². The number of nitrogens with one attached hydrogen (secondary N) is 2. The highest BCUT2D eigenvalue weighted by Gasteiger charge is 2.01. The number of hydrogen-bond donors (Lipinski definition) is 2. The van der Waals surface area contributed by atoms with E-state index in [1.54, 1.807) is 7.11 Å². The van der Waals surface area contributed by atoms with E-state index in [4.69, 9.17) is 21.7 Å². The van der Waals surface area contributed by atoms with E-state index in [1.165, 1.54) is 5.56 Å². The highest BCUT2D eigenvalue weighted by atomic mass is 32.1. The van der Waals surface area contributed by atoms with Crippen molar-refractivity contribution in [3.05, 3.63) is 59.2 Å². The van der Waals surface area contributed by atoms with Crippen molar-refractivity contribution < 1.29 is 9.47 Å². The molecule has 0 aliphatic heterocycles. The molecule has 0 aromatic heterocycles. The van der Waals surface area contributed by atoms with Crippen LogP contribution in [0.25, 0.3) is 0 Å². The molecule has 24 heavy (non-hydrogen) atoms. The SMILES string of the molecule is COc1ccc(CNC(=S)NCCOc2ccc(C)cc2C)cc1. The first-order chi connectivity index (χ1) is 11.6. The molecule has 5 heteroatoms. The van der Waals surface area contributed by atoms with Crippen molar-refractivity contribution >= 4 is 17.3 Å². The van der Waals surface area contributed by atoms with E-state index in [0.29, 0.717) is 24.8 Å². The van der Waals surface area contributed by atoms with E-state index in [9.17, 15) is 0 Å². The monoisotopic (exact) mass is 344 g/mol. The van der Waals surface area contributed by atoms with Gasteiger partial charge >= 0.3 is 0 Å². The predicted molar refractivity (Wildman–Crippen MR) is 102 cm³/mol. The summed E-state index contributed by atoms with van der Waals surface area (Å²) in [6.07, 6.45) is 0. The molecule has 0 bridgehead atoms. The van der Waals surface area contributed by atoms with E-state index in [2.05, 4.69) is 36.6 Å². The fraction of sp³-hybridized carbons (Fsp3) is 0.316. The fourth-order valence-corrected chi connectivity index (χ4v) is 2.45. The van der Waals surface area contributed by atoms with Crippen molar-refractivity contribution in [3.63, 3.8) is 0 Å². The second kappa shape index (κ2) is 9.13. The molecule has 0 heterocycles. The highest BCUT2D eigenvalue weighted by Crippen LogP contribution is 2.18. The van der Waals surface area contributed by atoms with Crippen LogP contribution in [-0.2, 0) is 6.54 Å². The van der Waals surface area contributed by atoms with Gasteiger partial charge in [0.1, 0.15) is 18.1 Å². The number of hydrogen-bond acceptors (Lipinski definition) is 3. The Morgan fingerprint density at radius 2 is 1.79 bits per heavy atom.